The maximum absolute atomic E-state index is 11.5. The van der Waals surface area contributed by atoms with Gasteiger partial charge in [0.05, 0.1) is 0 Å². The molecule has 1 aliphatic carbocycles. The van der Waals surface area contributed by atoms with Gasteiger partial charge in [-0.25, -0.2) is 0 Å². The van der Waals surface area contributed by atoms with Crippen LogP contribution in [0.25, 0.3) is 0 Å². The lowest BCUT2D eigenvalue weighted by Crippen LogP contribution is -2.61. The van der Waals surface area contributed by atoms with Gasteiger partial charge in [-0.15, -0.1) is 0 Å². The van der Waals surface area contributed by atoms with Gasteiger partial charge in [0.2, 0.25) is 5.91 Å². The summed E-state index contributed by atoms with van der Waals surface area (Å²) in [5, 5.41) is 0. The predicted octanol–water partition coefficient (Wildman–Crippen LogP) is 0.700. The largest absolute Gasteiger partial charge is 0.368 e. The van der Waals surface area contributed by atoms with E-state index in [0.29, 0.717) is 18.5 Å². The molecular formula is C12H25N3O. The lowest BCUT2D eigenvalue weighted by atomic mass is 9.92. The highest BCUT2D eigenvalue weighted by molar-refractivity contribution is 5.85. The third kappa shape index (κ3) is 2.95. The minimum absolute atomic E-state index is 0.295. The number of carbonyl (C=O) groups is 1. The molecule has 1 unspecified atom stereocenters. The summed E-state index contributed by atoms with van der Waals surface area (Å²) in [7, 11) is 0. The fourth-order valence-corrected chi connectivity index (χ4v) is 2.15. The van der Waals surface area contributed by atoms with Crippen molar-refractivity contribution >= 4 is 5.91 Å². The van der Waals surface area contributed by atoms with Gasteiger partial charge in [-0.3, -0.25) is 9.69 Å². The van der Waals surface area contributed by atoms with Crippen LogP contribution in [0.5, 0.6) is 0 Å². The van der Waals surface area contributed by atoms with Crippen molar-refractivity contribution in [2.24, 2.45) is 17.4 Å². The zero-order valence-corrected chi connectivity index (χ0v) is 10.7. The molecule has 1 aliphatic rings. The van der Waals surface area contributed by atoms with E-state index >= 15 is 0 Å². The highest BCUT2D eigenvalue weighted by atomic mass is 16.1. The lowest BCUT2D eigenvalue weighted by Gasteiger charge is -2.35. The fraction of sp³-hybridized carbons (Fsp3) is 0.917. The Kier molecular flexibility index (Phi) is 4.33. The van der Waals surface area contributed by atoms with Crippen molar-refractivity contribution in [2.45, 2.75) is 51.6 Å². The van der Waals surface area contributed by atoms with Gasteiger partial charge in [0.1, 0.15) is 5.54 Å². The standard InChI is InChI=1S/C12H25N3O/c1-4-7-15(9(2)3)8-12(14,11(13)16)10-5-6-10/h9-10H,4-8,14H2,1-3H3,(H2,13,16). The molecule has 4 N–H and O–H groups in total. The second kappa shape index (κ2) is 5.15. The predicted molar refractivity (Wildman–Crippen MR) is 65.8 cm³/mol. The van der Waals surface area contributed by atoms with Crippen molar-refractivity contribution in [3.05, 3.63) is 0 Å². The van der Waals surface area contributed by atoms with E-state index in [9.17, 15) is 4.79 Å². The molecule has 4 nitrogen and oxygen atoms in total. The van der Waals surface area contributed by atoms with Crippen LogP contribution in [-0.4, -0.2) is 35.5 Å². The van der Waals surface area contributed by atoms with E-state index in [-0.39, 0.29) is 5.91 Å². The topological polar surface area (TPSA) is 72.3 Å². The van der Waals surface area contributed by atoms with Crippen LogP contribution in [0.15, 0.2) is 0 Å². The zero-order valence-electron chi connectivity index (χ0n) is 10.7. The van der Waals surface area contributed by atoms with E-state index in [1.165, 1.54) is 0 Å². The van der Waals surface area contributed by atoms with Crippen molar-refractivity contribution in [1.29, 1.82) is 0 Å². The molecule has 0 saturated heterocycles. The Bertz CT molecular complexity index is 251. The number of carbonyl (C=O) groups excluding carboxylic acids is 1. The number of nitrogens with two attached hydrogens (primary N) is 2. The SMILES string of the molecule is CCCN(CC(N)(C(N)=O)C1CC1)C(C)C. The highest BCUT2D eigenvalue weighted by Gasteiger charge is 2.47. The molecule has 1 rings (SSSR count). The molecule has 0 radical (unpaired) electrons. The highest BCUT2D eigenvalue weighted by Crippen LogP contribution is 2.38. The molecule has 1 fully saturated rings. The molecule has 1 atom stereocenters. The molecule has 1 amide bonds. The minimum Gasteiger partial charge on any atom is -0.368 e. The van der Waals surface area contributed by atoms with Gasteiger partial charge in [-0.2, -0.15) is 0 Å². The molecule has 0 spiro atoms. The van der Waals surface area contributed by atoms with E-state index in [1.807, 2.05) is 0 Å². The van der Waals surface area contributed by atoms with Crippen LogP contribution in [0.2, 0.25) is 0 Å². The first-order valence-corrected chi connectivity index (χ1v) is 6.24. The zero-order chi connectivity index (χ0) is 12.3. The van der Waals surface area contributed by atoms with E-state index in [1.54, 1.807) is 0 Å². The number of hydrogen-bond donors (Lipinski definition) is 2. The Hall–Kier alpha value is -0.610. The smallest absolute Gasteiger partial charge is 0.239 e. The Balaban J connectivity index is 2.68. The van der Waals surface area contributed by atoms with Crippen LogP contribution < -0.4 is 11.5 Å². The first-order valence-electron chi connectivity index (χ1n) is 6.24. The third-order valence-corrected chi connectivity index (χ3v) is 3.47. The number of primary amides is 1. The molecule has 0 bridgehead atoms. The molecule has 0 aromatic heterocycles. The fourth-order valence-electron chi connectivity index (χ4n) is 2.15. The van der Waals surface area contributed by atoms with Crippen LogP contribution in [0, 0.1) is 5.92 Å². The van der Waals surface area contributed by atoms with Gasteiger partial charge in [-0.05, 0) is 45.6 Å². The quantitative estimate of drug-likeness (QED) is 0.672. The van der Waals surface area contributed by atoms with Gasteiger partial charge in [0, 0.05) is 12.6 Å². The molecule has 0 heterocycles. The van der Waals surface area contributed by atoms with Crippen molar-refractivity contribution < 1.29 is 4.79 Å². The molecule has 0 aliphatic heterocycles. The summed E-state index contributed by atoms with van der Waals surface area (Å²) in [6.45, 7) is 7.96. The van der Waals surface area contributed by atoms with Gasteiger partial charge in [-0.1, -0.05) is 6.92 Å². The molecule has 16 heavy (non-hydrogen) atoms. The van der Waals surface area contributed by atoms with Gasteiger partial charge in [0.25, 0.3) is 0 Å². The maximum Gasteiger partial charge on any atom is 0.239 e. The average Bonchev–Trinajstić information content (AvgIpc) is 2.99. The third-order valence-electron chi connectivity index (χ3n) is 3.47. The Morgan fingerprint density at radius 1 is 1.50 bits per heavy atom. The average molecular weight is 227 g/mol. The van der Waals surface area contributed by atoms with E-state index in [0.717, 1.165) is 25.8 Å². The summed E-state index contributed by atoms with van der Waals surface area (Å²) >= 11 is 0. The number of nitrogens with zero attached hydrogens (tertiary/aromatic N) is 1. The second-order valence-electron chi connectivity index (χ2n) is 5.24. The first kappa shape index (κ1) is 13.5. The molecule has 0 aromatic rings. The Morgan fingerprint density at radius 2 is 2.06 bits per heavy atom. The monoisotopic (exact) mass is 227 g/mol. The molecule has 1 saturated carbocycles. The van der Waals surface area contributed by atoms with Crippen LogP contribution >= 0.6 is 0 Å². The lowest BCUT2D eigenvalue weighted by molar-refractivity contribution is -0.124. The molecule has 4 heteroatoms. The van der Waals surface area contributed by atoms with Crippen LogP contribution in [0.1, 0.15) is 40.0 Å². The van der Waals surface area contributed by atoms with Crippen molar-refractivity contribution in [2.75, 3.05) is 13.1 Å². The van der Waals surface area contributed by atoms with Gasteiger partial charge >= 0.3 is 0 Å². The summed E-state index contributed by atoms with van der Waals surface area (Å²) in [6, 6.07) is 0.404. The van der Waals surface area contributed by atoms with Crippen LogP contribution in [-0.2, 0) is 4.79 Å². The summed E-state index contributed by atoms with van der Waals surface area (Å²) in [5.74, 6) is -0.0557. The van der Waals surface area contributed by atoms with E-state index < -0.39 is 5.54 Å². The van der Waals surface area contributed by atoms with Gasteiger partial charge < -0.3 is 11.5 Å². The summed E-state index contributed by atoms with van der Waals surface area (Å²) < 4.78 is 0. The summed E-state index contributed by atoms with van der Waals surface area (Å²) in [5.41, 5.74) is 10.8. The number of hydrogen-bond acceptors (Lipinski definition) is 3. The number of amides is 1. The van der Waals surface area contributed by atoms with Crippen molar-refractivity contribution in [3.63, 3.8) is 0 Å². The first-order chi connectivity index (χ1) is 7.41. The Morgan fingerprint density at radius 3 is 2.38 bits per heavy atom. The number of rotatable bonds is 7. The van der Waals surface area contributed by atoms with Crippen molar-refractivity contribution in [1.82, 2.24) is 4.90 Å². The van der Waals surface area contributed by atoms with Crippen molar-refractivity contribution in [3.8, 4) is 0 Å². The van der Waals surface area contributed by atoms with Crippen LogP contribution in [0.4, 0.5) is 0 Å². The molecule has 0 aromatic carbocycles. The van der Waals surface area contributed by atoms with Crippen LogP contribution in [0.3, 0.4) is 0 Å². The summed E-state index contributed by atoms with van der Waals surface area (Å²) in [6.07, 6.45) is 3.15. The Labute approximate surface area is 98.3 Å². The van der Waals surface area contributed by atoms with E-state index in [4.69, 9.17) is 11.5 Å². The minimum atomic E-state index is -0.820. The van der Waals surface area contributed by atoms with E-state index in [2.05, 4.69) is 25.7 Å². The van der Waals surface area contributed by atoms with Gasteiger partial charge in [0.15, 0.2) is 0 Å². The molecular weight excluding hydrogens is 202 g/mol. The summed E-state index contributed by atoms with van der Waals surface area (Å²) in [4.78, 5) is 13.8. The maximum atomic E-state index is 11.5. The molecule has 94 valence electrons. The normalized spacial score (nSPS) is 20.1. The second-order valence-corrected chi connectivity index (χ2v) is 5.24.